The zero-order valence-electron chi connectivity index (χ0n) is 26.9. The van der Waals surface area contributed by atoms with Crippen molar-refractivity contribution in [3.05, 3.63) is 58.3 Å². The van der Waals surface area contributed by atoms with Crippen molar-refractivity contribution in [3.8, 4) is 17.2 Å². The molecule has 4 N–H and O–H groups in total. The molecule has 3 aliphatic rings. The van der Waals surface area contributed by atoms with E-state index < -0.39 is 35.2 Å². The van der Waals surface area contributed by atoms with Gasteiger partial charge in [-0.25, -0.2) is 14.1 Å². The predicted octanol–water partition coefficient (Wildman–Crippen LogP) is 4.77. The highest BCUT2D eigenvalue weighted by molar-refractivity contribution is 6.16. The number of nitrogens with two attached hydrogens (primary N) is 1. The molecule has 2 amide bonds. The summed E-state index contributed by atoms with van der Waals surface area (Å²) in [5.74, 6) is -1.16. The molecule has 1 saturated carbocycles. The molecule has 2 atom stereocenters. The van der Waals surface area contributed by atoms with Crippen LogP contribution in [0.15, 0.2) is 29.3 Å². The number of benzene rings is 1. The lowest BCUT2D eigenvalue weighted by Crippen LogP contribution is -2.53. The summed E-state index contributed by atoms with van der Waals surface area (Å²) in [5.41, 5.74) is 5.61. The van der Waals surface area contributed by atoms with Gasteiger partial charge < -0.3 is 21.3 Å². The third kappa shape index (κ3) is 5.95. The zero-order valence-corrected chi connectivity index (χ0v) is 26.9. The molecule has 1 spiro atoms. The Bertz CT molecular complexity index is 1890. The molecule has 1 aromatic carbocycles. The Morgan fingerprint density at radius 3 is 2.60 bits per heavy atom. The predicted molar refractivity (Wildman–Crippen MR) is 170 cm³/mol. The normalized spacial score (nSPS) is 21.0. The van der Waals surface area contributed by atoms with Crippen LogP contribution >= 0.6 is 0 Å². The van der Waals surface area contributed by atoms with Crippen molar-refractivity contribution in [2.75, 3.05) is 16.8 Å². The van der Waals surface area contributed by atoms with E-state index in [9.17, 15) is 28.0 Å². The van der Waals surface area contributed by atoms with Crippen molar-refractivity contribution < 1.29 is 27.2 Å². The second-order valence-corrected chi connectivity index (χ2v) is 13.0. The summed E-state index contributed by atoms with van der Waals surface area (Å²) in [7, 11) is 0. The average Bonchev–Trinajstić information content (AvgIpc) is 3.74. The molecular formula is C33H35F4N9O2. The molecule has 2 aromatic heterocycles. The lowest BCUT2D eigenvalue weighted by Gasteiger charge is -2.42. The molecule has 6 rings (SSSR count). The van der Waals surface area contributed by atoms with Crippen molar-refractivity contribution in [1.82, 2.24) is 20.1 Å². The molecule has 0 bridgehead atoms. The second kappa shape index (κ2) is 11.9. The Morgan fingerprint density at radius 1 is 1.27 bits per heavy atom. The largest absolute Gasteiger partial charge is 0.433 e. The number of amidine groups is 1. The fraction of sp³-hybridized carbons (Fsp3) is 0.455. The number of pyridine rings is 1. The number of carbonyl (C=O) groups excluding carboxylic acids is 2. The van der Waals surface area contributed by atoms with E-state index in [0.717, 1.165) is 6.07 Å². The molecule has 15 heteroatoms. The topological polar surface area (TPSA) is 154 Å². The van der Waals surface area contributed by atoms with Gasteiger partial charge in [0.05, 0.1) is 17.1 Å². The van der Waals surface area contributed by atoms with Crippen LogP contribution in [0.3, 0.4) is 0 Å². The Balaban J connectivity index is 1.34. The van der Waals surface area contributed by atoms with Gasteiger partial charge in [0.2, 0.25) is 5.91 Å². The number of rotatable bonds is 8. The first-order chi connectivity index (χ1) is 22.6. The summed E-state index contributed by atoms with van der Waals surface area (Å²) in [4.78, 5) is 35.8. The number of aryl methyl sites for hydroxylation is 1. The number of nitrogens with one attached hydrogen (secondary N) is 2. The monoisotopic (exact) mass is 665 g/mol. The summed E-state index contributed by atoms with van der Waals surface area (Å²) in [5, 5.41) is 20.6. The van der Waals surface area contributed by atoms with Gasteiger partial charge in [-0.1, -0.05) is 0 Å². The quantitative estimate of drug-likeness (QED) is 0.293. The fourth-order valence-electron chi connectivity index (χ4n) is 6.72. The van der Waals surface area contributed by atoms with Gasteiger partial charge in [-0.2, -0.15) is 23.5 Å². The van der Waals surface area contributed by atoms with E-state index in [2.05, 4.69) is 20.7 Å². The van der Waals surface area contributed by atoms with Crippen LogP contribution in [-0.4, -0.2) is 56.6 Å². The molecule has 3 aromatic rings. The van der Waals surface area contributed by atoms with Crippen LogP contribution in [0.1, 0.15) is 80.6 Å². The first kappa shape index (κ1) is 32.9. The van der Waals surface area contributed by atoms with Gasteiger partial charge >= 0.3 is 6.18 Å². The molecule has 11 nitrogen and oxygen atoms in total. The number of anilines is 2. The van der Waals surface area contributed by atoms with Crippen LogP contribution in [0.2, 0.25) is 0 Å². The number of halogens is 4. The fourth-order valence-corrected chi connectivity index (χ4v) is 6.72. The molecule has 0 radical (unpaired) electrons. The van der Waals surface area contributed by atoms with Crippen molar-refractivity contribution >= 4 is 29.2 Å². The van der Waals surface area contributed by atoms with Crippen LogP contribution in [0, 0.1) is 24.1 Å². The van der Waals surface area contributed by atoms with E-state index in [4.69, 9.17) is 10.7 Å². The molecule has 2 aliphatic heterocycles. The van der Waals surface area contributed by atoms with Crippen LogP contribution in [0.4, 0.5) is 29.1 Å². The van der Waals surface area contributed by atoms with E-state index >= 15 is 4.39 Å². The van der Waals surface area contributed by atoms with E-state index in [1.165, 1.54) is 16.8 Å². The standard InChI is InChI=1S/C33H35F4N9O2/c1-16(2)40-30-27(18(4)44-46(30)15-26(39)47)20-11-23(34)22(14-38)24(12-20)45-10-9-32(13-17(45)3)31(48)42-29(43-32)21-7-8-25(33(35,36)37)41-28(21)19-5-6-19/h7-8,11-12,16-17,19,40H,5-6,9-10,13,15H2,1-4H3,(H2,39,47)(H,42,43,48)/t17-,32+/m0/s1. The molecule has 0 unspecified atom stereocenters. The Hall–Kier alpha value is -5.00. The van der Waals surface area contributed by atoms with Gasteiger partial charge in [0.1, 0.15) is 46.9 Å². The van der Waals surface area contributed by atoms with Crippen molar-refractivity contribution in [1.29, 1.82) is 5.26 Å². The first-order valence-corrected chi connectivity index (χ1v) is 15.7. The van der Waals surface area contributed by atoms with Gasteiger partial charge in [0.25, 0.3) is 5.91 Å². The third-order valence-corrected chi connectivity index (χ3v) is 8.98. The number of aromatic nitrogens is 3. The number of aliphatic imine (C=N–C) groups is 1. The Morgan fingerprint density at radius 2 is 2.00 bits per heavy atom. The maximum absolute atomic E-state index is 15.7. The SMILES string of the molecule is Cc1nn(CC(N)=O)c(NC(C)C)c1-c1cc(F)c(C#N)c(N2CC[C@]3(C[C@@H]2C)N=C(c2ccc(C(F)(F)F)nc2C2CC2)NC3=O)c1. The van der Waals surface area contributed by atoms with Crippen LogP contribution in [0.25, 0.3) is 11.1 Å². The van der Waals surface area contributed by atoms with Gasteiger partial charge in [-0.3, -0.25) is 14.6 Å². The highest BCUT2D eigenvalue weighted by Crippen LogP contribution is 2.44. The minimum absolute atomic E-state index is 0.0609. The number of hydrogen-bond donors (Lipinski definition) is 3. The van der Waals surface area contributed by atoms with Crippen molar-refractivity contribution in [2.45, 2.75) is 89.6 Å². The smallest absolute Gasteiger partial charge is 0.368 e. The molecule has 1 saturated heterocycles. The van der Waals surface area contributed by atoms with Gasteiger partial charge in [0, 0.05) is 42.1 Å². The maximum Gasteiger partial charge on any atom is 0.433 e. The number of piperidine rings is 1. The van der Waals surface area contributed by atoms with Crippen molar-refractivity contribution in [2.24, 2.45) is 10.7 Å². The van der Waals surface area contributed by atoms with E-state index in [-0.39, 0.29) is 60.9 Å². The Labute approximate surface area is 274 Å². The highest BCUT2D eigenvalue weighted by atomic mass is 19.4. The molecular weight excluding hydrogens is 630 g/mol. The van der Waals surface area contributed by atoms with E-state index in [1.807, 2.05) is 31.7 Å². The van der Waals surface area contributed by atoms with Crippen LogP contribution in [-0.2, 0) is 22.3 Å². The minimum atomic E-state index is -4.60. The number of amides is 2. The lowest BCUT2D eigenvalue weighted by atomic mass is 9.83. The van der Waals surface area contributed by atoms with E-state index in [0.29, 0.717) is 46.7 Å². The summed E-state index contributed by atoms with van der Waals surface area (Å²) in [6.45, 7) is 7.44. The number of hydrogen-bond acceptors (Lipinski definition) is 8. The van der Waals surface area contributed by atoms with Gasteiger partial charge in [-0.05, 0) is 76.8 Å². The van der Waals surface area contributed by atoms with Crippen molar-refractivity contribution in [3.63, 3.8) is 0 Å². The maximum atomic E-state index is 15.7. The second-order valence-electron chi connectivity index (χ2n) is 13.0. The number of alkyl halides is 3. The summed E-state index contributed by atoms with van der Waals surface area (Å²) < 4.78 is 57.4. The molecule has 1 aliphatic carbocycles. The summed E-state index contributed by atoms with van der Waals surface area (Å²) in [6.07, 6.45) is -2.76. The Kier molecular flexibility index (Phi) is 8.17. The average molecular weight is 666 g/mol. The molecule has 48 heavy (non-hydrogen) atoms. The minimum Gasteiger partial charge on any atom is -0.368 e. The summed E-state index contributed by atoms with van der Waals surface area (Å²) in [6, 6.07) is 6.72. The summed E-state index contributed by atoms with van der Waals surface area (Å²) >= 11 is 0. The number of primary amides is 1. The number of nitrogens with zero attached hydrogens (tertiary/aromatic N) is 6. The molecule has 4 heterocycles. The van der Waals surface area contributed by atoms with Crippen LogP contribution in [0.5, 0.6) is 0 Å². The number of nitriles is 1. The molecule has 2 fully saturated rings. The number of carbonyl (C=O) groups is 2. The van der Waals surface area contributed by atoms with Gasteiger partial charge in [-0.15, -0.1) is 0 Å². The zero-order chi connectivity index (χ0) is 34.7. The lowest BCUT2D eigenvalue weighted by molar-refractivity contribution is -0.141. The van der Waals surface area contributed by atoms with E-state index in [1.54, 1.807) is 13.0 Å². The highest BCUT2D eigenvalue weighted by Gasteiger charge is 2.49. The molecule has 252 valence electrons. The van der Waals surface area contributed by atoms with Gasteiger partial charge in [0.15, 0.2) is 0 Å². The third-order valence-electron chi connectivity index (χ3n) is 8.98. The van der Waals surface area contributed by atoms with Crippen LogP contribution < -0.4 is 21.3 Å². The first-order valence-electron chi connectivity index (χ1n) is 15.7.